The van der Waals surface area contributed by atoms with Crippen LogP contribution in [-0.2, 0) is 23.7 Å². The Labute approximate surface area is 115 Å². The Morgan fingerprint density at radius 3 is 2.11 bits per heavy atom. The normalized spacial score (nSPS) is 10.6. The summed E-state index contributed by atoms with van der Waals surface area (Å²) < 4.78 is 20.5. The molecule has 0 aliphatic rings. The van der Waals surface area contributed by atoms with Crippen LogP contribution in [0.1, 0.15) is 19.8 Å². The minimum Gasteiger partial charge on any atom is -0.468 e. The lowest BCUT2D eigenvalue weighted by Gasteiger charge is -2.07. The van der Waals surface area contributed by atoms with E-state index in [9.17, 15) is 4.79 Å². The van der Waals surface area contributed by atoms with Crippen LogP contribution in [0.3, 0.4) is 0 Å². The van der Waals surface area contributed by atoms with Crippen molar-refractivity contribution in [3.8, 4) is 0 Å². The lowest BCUT2D eigenvalue weighted by atomic mass is 10.4. The number of esters is 1. The molecule has 0 unspecified atom stereocenters. The molecule has 0 aromatic rings. The highest BCUT2D eigenvalue weighted by atomic mass is 16.5. The Bertz CT molecular complexity index is 201. The average Bonchev–Trinajstić information content (AvgIpc) is 2.43. The van der Waals surface area contributed by atoms with Crippen molar-refractivity contribution in [2.45, 2.75) is 19.8 Å². The molecule has 19 heavy (non-hydrogen) atoms. The Balaban J connectivity index is 2.97. The summed E-state index contributed by atoms with van der Waals surface area (Å²) in [5.41, 5.74) is 0. The summed E-state index contributed by atoms with van der Waals surface area (Å²) in [5, 5.41) is 2.91. The quantitative estimate of drug-likeness (QED) is 0.370. The number of ether oxygens (including phenoxy) is 4. The summed E-state index contributed by atoms with van der Waals surface area (Å²) in [7, 11) is 1.36. The van der Waals surface area contributed by atoms with E-state index in [1.54, 1.807) is 0 Å². The van der Waals surface area contributed by atoms with E-state index in [-0.39, 0.29) is 12.5 Å². The van der Waals surface area contributed by atoms with E-state index in [4.69, 9.17) is 14.2 Å². The van der Waals surface area contributed by atoms with Gasteiger partial charge in [0, 0.05) is 13.2 Å². The number of carbonyl (C=O) groups excluding carboxylic acids is 1. The summed E-state index contributed by atoms with van der Waals surface area (Å²) in [4.78, 5) is 10.8. The number of rotatable bonds is 14. The van der Waals surface area contributed by atoms with E-state index in [1.807, 2.05) is 0 Å². The van der Waals surface area contributed by atoms with Crippen molar-refractivity contribution in [2.24, 2.45) is 0 Å². The van der Waals surface area contributed by atoms with Crippen molar-refractivity contribution < 1.29 is 23.7 Å². The fraction of sp³-hybridized carbons (Fsp3) is 0.923. The predicted octanol–water partition coefficient (Wildman–Crippen LogP) is 0.599. The van der Waals surface area contributed by atoms with Crippen LogP contribution in [0.25, 0.3) is 0 Å². The molecule has 1 N–H and O–H groups in total. The highest BCUT2D eigenvalue weighted by Gasteiger charge is 1.97. The van der Waals surface area contributed by atoms with E-state index in [2.05, 4.69) is 17.0 Å². The number of carbonyl (C=O) groups is 1. The van der Waals surface area contributed by atoms with Crippen molar-refractivity contribution in [3.05, 3.63) is 0 Å². The van der Waals surface area contributed by atoms with Crippen molar-refractivity contribution in [3.63, 3.8) is 0 Å². The molecule has 6 nitrogen and oxygen atoms in total. The van der Waals surface area contributed by atoms with E-state index in [0.717, 1.165) is 19.4 Å². The minimum atomic E-state index is -0.272. The first-order chi connectivity index (χ1) is 9.31. The van der Waals surface area contributed by atoms with Gasteiger partial charge in [-0.3, -0.25) is 4.79 Å². The van der Waals surface area contributed by atoms with Gasteiger partial charge in [-0.2, -0.15) is 0 Å². The smallest absolute Gasteiger partial charge is 0.319 e. The Morgan fingerprint density at radius 1 is 0.947 bits per heavy atom. The van der Waals surface area contributed by atoms with Gasteiger partial charge >= 0.3 is 5.97 Å². The fourth-order valence-electron chi connectivity index (χ4n) is 1.20. The molecule has 0 atom stereocenters. The van der Waals surface area contributed by atoms with Gasteiger partial charge in [-0.05, 0) is 6.42 Å². The van der Waals surface area contributed by atoms with E-state index >= 15 is 0 Å². The van der Waals surface area contributed by atoms with Gasteiger partial charge in [0.1, 0.15) is 0 Å². The molecule has 0 aromatic heterocycles. The molecule has 0 aromatic carbocycles. The minimum absolute atomic E-state index is 0.214. The van der Waals surface area contributed by atoms with Gasteiger partial charge in [0.05, 0.1) is 46.7 Å². The topological polar surface area (TPSA) is 66.0 Å². The summed E-state index contributed by atoms with van der Waals surface area (Å²) in [6, 6.07) is 0. The second kappa shape index (κ2) is 15.4. The van der Waals surface area contributed by atoms with E-state index in [1.165, 1.54) is 7.11 Å². The lowest BCUT2D eigenvalue weighted by molar-refractivity contribution is -0.139. The van der Waals surface area contributed by atoms with Gasteiger partial charge in [0.15, 0.2) is 0 Å². The molecule has 0 saturated heterocycles. The maximum absolute atomic E-state index is 10.8. The number of unbranched alkanes of at least 4 members (excludes halogenated alkanes) is 1. The van der Waals surface area contributed by atoms with Crippen molar-refractivity contribution in [2.75, 3.05) is 59.8 Å². The Morgan fingerprint density at radius 2 is 1.53 bits per heavy atom. The Hall–Kier alpha value is -0.690. The lowest BCUT2D eigenvalue weighted by Crippen LogP contribution is -2.27. The maximum atomic E-state index is 10.8. The molecule has 0 fully saturated rings. The predicted molar refractivity (Wildman–Crippen MR) is 72.3 cm³/mol. The molecule has 0 radical (unpaired) electrons. The Kier molecular flexibility index (Phi) is 14.8. The molecule has 0 rings (SSSR count). The largest absolute Gasteiger partial charge is 0.468 e. The molecular formula is C13H27NO5. The summed E-state index contributed by atoms with van der Waals surface area (Å²) in [6.45, 7) is 6.69. The number of methoxy groups -OCH3 is 1. The molecular weight excluding hydrogens is 250 g/mol. The van der Waals surface area contributed by atoms with Crippen LogP contribution in [0.15, 0.2) is 0 Å². The highest BCUT2D eigenvalue weighted by Crippen LogP contribution is 1.87. The highest BCUT2D eigenvalue weighted by molar-refractivity contribution is 5.71. The zero-order chi connectivity index (χ0) is 14.2. The number of hydrogen-bond acceptors (Lipinski definition) is 6. The first kappa shape index (κ1) is 18.3. The van der Waals surface area contributed by atoms with E-state index in [0.29, 0.717) is 39.6 Å². The molecule has 6 heteroatoms. The second-order valence-corrected chi connectivity index (χ2v) is 3.94. The molecule has 0 saturated carbocycles. The molecule has 114 valence electrons. The van der Waals surface area contributed by atoms with Crippen molar-refractivity contribution >= 4 is 5.97 Å². The maximum Gasteiger partial charge on any atom is 0.319 e. The van der Waals surface area contributed by atoms with Crippen LogP contribution in [-0.4, -0.2) is 65.8 Å². The van der Waals surface area contributed by atoms with Crippen LogP contribution in [0.4, 0.5) is 0 Å². The summed E-state index contributed by atoms with van der Waals surface area (Å²) in [5.74, 6) is -0.272. The molecule has 0 aliphatic carbocycles. The van der Waals surface area contributed by atoms with Gasteiger partial charge in [-0.1, -0.05) is 13.3 Å². The molecule has 0 amide bonds. The molecule has 0 aliphatic heterocycles. The molecule has 0 heterocycles. The first-order valence-corrected chi connectivity index (χ1v) is 6.82. The fourth-order valence-corrected chi connectivity index (χ4v) is 1.20. The number of hydrogen-bond donors (Lipinski definition) is 1. The zero-order valence-electron chi connectivity index (χ0n) is 12.1. The van der Waals surface area contributed by atoms with Gasteiger partial charge in [0.2, 0.25) is 0 Å². The van der Waals surface area contributed by atoms with E-state index < -0.39 is 0 Å². The van der Waals surface area contributed by atoms with Crippen LogP contribution < -0.4 is 5.32 Å². The van der Waals surface area contributed by atoms with Gasteiger partial charge in [-0.15, -0.1) is 0 Å². The van der Waals surface area contributed by atoms with Crippen LogP contribution in [0.5, 0.6) is 0 Å². The summed E-state index contributed by atoms with van der Waals surface area (Å²) in [6.07, 6.45) is 2.25. The zero-order valence-corrected chi connectivity index (χ0v) is 12.1. The van der Waals surface area contributed by atoms with Gasteiger partial charge in [-0.25, -0.2) is 0 Å². The van der Waals surface area contributed by atoms with Gasteiger partial charge < -0.3 is 24.3 Å². The summed E-state index contributed by atoms with van der Waals surface area (Å²) >= 11 is 0. The van der Waals surface area contributed by atoms with Crippen LogP contribution >= 0.6 is 0 Å². The average molecular weight is 277 g/mol. The molecule has 0 bridgehead atoms. The third kappa shape index (κ3) is 15.3. The monoisotopic (exact) mass is 277 g/mol. The second-order valence-electron chi connectivity index (χ2n) is 3.94. The van der Waals surface area contributed by atoms with Gasteiger partial charge in [0.25, 0.3) is 0 Å². The first-order valence-electron chi connectivity index (χ1n) is 6.82. The number of nitrogens with one attached hydrogen (secondary N) is 1. The van der Waals surface area contributed by atoms with Crippen molar-refractivity contribution in [1.82, 2.24) is 5.32 Å². The van der Waals surface area contributed by atoms with Crippen molar-refractivity contribution in [1.29, 1.82) is 0 Å². The third-order valence-corrected chi connectivity index (χ3v) is 2.31. The van der Waals surface area contributed by atoms with Crippen LogP contribution in [0, 0.1) is 0 Å². The molecule has 0 spiro atoms. The third-order valence-electron chi connectivity index (χ3n) is 2.31. The SMILES string of the molecule is CCCCOCCOCCOCCNCC(=O)OC. The van der Waals surface area contributed by atoms with Crippen LogP contribution in [0.2, 0.25) is 0 Å². The standard InChI is InChI=1S/C13H27NO5/c1-3-4-6-17-8-10-19-11-9-18-7-5-14-12-13(15)16-2/h14H,3-12H2,1-2H3.